The van der Waals surface area contributed by atoms with Crippen molar-refractivity contribution in [3.05, 3.63) is 71.3 Å². The summed E-state index contributed by atoms with van der Waals surface area (Å²) in [6.07, 6.45) is 0.819. The number of H-pyrrole nitrogens is 1. The van der Waals surface area contributed by atoms with Crippen LogP contribution in [0.15, 0.2) is 59.6 Å². The van der Waals surface area contributed by atoms with Crippen molar-refractivity contribution in [2.45, 2.75) is 20.3 Å². The molecule has 3 aromatic rings. The van der Waals surface area contributed by atoms with Crippen molar-refractivity contribution >= 4 is 22.2 Å². The van der Waals surface area contributed by atoms with Gasteiger partial charge in [-0.15, -0.1) is 0 Å². The molecule has 0 spiro atoms. The lowest BCUT2D eigenvalue weighted by Gasteiger charge is -2.05. The topological polar surface area (TPSA) is 45.2 Å². The molecule has 0 unspecified atom stereocenters. The largest absolute Gasteiger partial charge is 0.337 e. The molecule has 0 fully saturated rings. The van der Waals surface area contributed by atoms with E-state index in [2.05, 4.69) is 28.2 Å². The van der Waals surface area contributed by atoms with Gasteiger partial charge in [-0.2, -0.15) is 0 Å². The van der Waals surface area contributed by atoms with Gasteiger partial charge in [0.1, 0.15) is 5.49 Å². The van der Waals surface area contributed by atoms with E-state index in [0.29, 0.717) is 11.2 Å². The zero-order chi connectivity index (χ0) is 15.5. The third-order valence-corrected chi connectivity index (χ3v) is 3.76. The van der Waals surface area contributed by atoms with Gasteiger partial charge in [0.05, 0.1) is 11.4 Å². The van der Waals surface area contributed by atoms with Crippen LogP contribution in [0.3, 0.4) is 0 Å². The molecule has 0 aliphatic rings. The van der Waals surface area contributed by atoms with E-state index < -0.39 is 0 Å². The monoisotopic (exact) mass is 290 g/mol. The van der Waals surface area contributed by atoms with E-state index in [4.69, 9.17) is 0 Å². The summed E-state index contributed by atoms with van der Waals surface area (Å²) >= 11 is 0. The molecule has 3 heteroatoms. The van der Waals surface area contributed by atoms with Gasteiger partial charge in [-0.05, 0) is 29.5 Å². The van der Waals surface area contributed by atoms with Crippen molar-refractivity contribution in [1.29, 1.82) is 0 Å². The molecule has 0 amide bonds. The molecule has 3 rings (SSSR count). The minimum Gasteiger partial charge on any atom is -0.337 e. The van der Waals surface area contributed by atoms with E-state index in [0.717, 1.165) is 28.4 Å². The predicted molar refractivity (Wildman–Crippen MR) is 89.3 cm³/mol. The van der Waals surface area contributed by atoms with Crippen LogP contribution < -0.4 is 5.49 Å². The highest BCUT2D eigenvalue weighted by atomic mass is 16.1. The van der Waals surface area contributed by atoms with Gasteiger partial charge >= 0.3 is 0 Å². The van der Waals surface area contributed by atoms with Crippen LogP contribution >= 0.6 is 0 Å². The smallest absolute Gasteiger partial charge is 0.176 e. The maximum Gasteiger partial charge on any atom is 0.176 e. The number of fused-ring (bicyclic) bond motifs is 1. The number of rotatable bonds is 3. The highest BCUT2D eigenvalue weighted by molar-refractivity contribution is 5.93. The van der Waals surface area contributed by atoms with E-state index in [-0.39, 0.29) is 5.78 Å². The number of nitrogens with one attached hydrogen (secondary N) is 1. The quantitative estimate of drug-likeness (QED) is 0.723. The average molecular weight is 290 g/mol. The summed E-state index contributed by atoms with van der Waals surface area (Å²) in [5, 5.41) is 2.25. The minimum absolute atomic E-state index is 0.0341. The van der Waals surface area contributed by atoms with Crippen LogP contribution in [0.5, 0.6) is 0 Å². The summed E-state index contributed by atoms with van der Waals surface area (Å²) in [6.45, 7) is 3.61. The second kappa shape index (κ2) is 5.98. The predicted octanol–water partition coefficient (Wildman–Crippen LogP) is 4.17. The fourth-order valence-corrected chi connectivity index (χ4v) is 2.62. The summed E-state index contributed by atoms with van der Waals surface area (Å²) in [6, 6.07) is 18.1. The highest BCUT2D eigenvalue weighted by Crippen LogP contribution is 2.24. The van der Waals surface area contributed by atoms with Crippen LogP contribution in [0.25, 0.3) is 10.8 Å². The van der Waals surface area contributed by atoms with Crippen LogP contribution in [0.4, 0.5) is 5.69 Å². The Hall–Kier alpha value is -2.68. The molecular formula is C19H18N2O. The number of Topliss-reactive ketones (excluding diaryl/α,β-unsaturated/α-hetero) is 1. The molecule has 0 atom stereocenters. The normalized spacial score (nSPS) is 11.8. The first kappa shape index (κ1) is 14.3. The van der Waals surface area contributed by atoms with Gasteiger partial charge < -0.3 is 4.98 Å². The van der Waals surface area contributed by atoms with E-state index in [1.54, 1.807) is 6.92 Å². The van der Waals surface area contributed by atoms with Crippen LogP contribution in [0.1, 0.15) is 29.9 Å². The number of ketones is 1. The molecule has 3 nitrogen and oxygen atoms in total. The molecule has 0 aliphatic heterocycles. The van der Waals surface area contributed by atoms with Gasteiger partial charge in [-0.3, -0.25) is 4.79 Å². The number of aromatic nitrogens is 1. The fraction of sp³-hybridized carbons (Fsp3) is 0.158. The first-order valence-electron chi connectivity index (χ1n) is 7.44. The van der Waals surface area contributed by atoms with Crippen molar-refractivity contribution in [2.75, 3.05) is 0 Å². The van der Waals surface area contributed by atoms with Crippen molar-refractivity contribution in [2.24, 2.45) is 4.99 Å². The zero-order valence-electron chi connectivity index (χ0n) is 12.8. The summed E-state index contributed by atoms with van der Waals surface area (Å²) in [5.74, 6) is 0.0341. The Kier molecular flexibility index (Phi) is 3.88. The number of hydrogen-bond donors (Lipinski definition) is 1. The van der Waals surface area contributed by atoms with Crippen molar-refractivity contribution < 1.29 is 4.79 Å². The summed E-state index contributed by atoms with van der Waals surface area (Å²) < 4.78 is 0. The Morgan fingerprint density at radius 3 is 2.59 bits per heavy atom. The van der Waals surface area contributed by atoms with E-state index in [1.807, 2.05) is 43.3 Å². The average Bonchev–Trinajstić information content (AvgIpc) is 2.55. The molecule has 1 heterocycles. The van der Waals surface area contributed by atoms with E-state index >= 15 is 0 Å². The molecule has 0 aliphatic carbocycles. The minimum atomic E-state index is 0.0341. The number of hydrogen-bond acceptors (Lipinski definition) is 2. The van der Waals surface area contributed by atoms with Gasteiger partial charge in [0.2, 0.25) is 0 Å². The van der Waals surface area contributed by atoms with Gasteiger partial charge in [0.15, 0.2) is 5.78 Å². The maximum atomic E-state index is 11.8. The highest BCUT2D eigenvalue weighted by Gasteiger charge is 2.06. The van der Waals surface area contributed by atoms with E-state index in [9.17, 15) is 4.79 Å². The molecule has 1 aromatic heterocycles. The number of aromatic amines is 1. The van der Waals surface area contributed by atoms with Crippen LogP contribution in [0.2, 0.25) is 0 Å². The first-order valence-corrected chi connectivity index (χ1v) is 7.44. The Bertz CT molecular complexity index is 901. The molecule has 22 heavy (non-hydrogen) atoms. The summed E-state index contributed by atoms with van der Waals surface area (Å²) in [5.41, 5.74) is 3.25. The molecule has 0 bridgehead atoms. The number of benzene rings is 2. The van der Waals surface area contributed by atoms with E-state index in [1.165, 1.54) is 0 Å². The van der Waals surface area contributed by atoms with Crippen molar-refractivity contribution in [3.8, 4) is 0 Å². The lowest BCUT2D eigenvalue weighted by atomic mass is 10.1. The maximum absolute atomic E-state index is 11.8. The molecule has 110 valence electrons. The van der Waals surface area contributed by atoms with Crippen LogP contribution in [0, 0.1) is 0 Å². The number of pyridine rings is 1. The molecule has 1 N–H and O–H groups in total. The second-order valence-electron chi connectivity index (χ2n) is 5.26. The Balaban J connectivity index is 2.19. The molecular weight excluding hydrogens is 272 g/mol. The molecule has 0 saturated carbocycles. The van der Waals surface area contributed by atoms with Crippen LogP contribution in [-0.4, -0.2) is 10.8 Å². The molecule has 0 saturated heterocycles. The third-order valence-electron chi connectivity index (χ3n) is 3.76. The second-order valence-corrected chi connectivity index (χ2v) is 5.26. The van der Waals surface area contributed by atoms with Gasteiger partial charge in [-0.25, -0.2) is 4.99 Å². The molecule has 0 radical (unpaired) electrons. The van der Waals surface area contributed by atoms with Gasteiger partial charge in [0, 0.05) is 12.3 Å². The Labute approximate surface area is 129 Å². The SMILES string of the molecule is CCc1ccc(=Nc2cccc3ccccc23)[nH]c1C(C)=O. The Morgan fingerprint density at radius 2 is 1.82 bits per heavy atom. The van der Waals surface area contributed by atoms with Crippen molar-refractivity contribution in [3.63, 3.8) is 0 Å². The number of carbonyl (C=O) groups is 1. The lowest BCUT2D eigenvalue weighted by Crippen LogP contribution is -2.14. The third kappa shape index (κ3) is 2.70. The standard InChI is InChI=1S/C19H18N2O/c1-3-14-11-12-18(21-19(14)13(2)22)20-17-10-6-8-15-7-4-5-9-16(15)17/h4-12H,3H2,1-2H3,(H,20,21). The lowest BCUT2D eigenvalue weighted by molar-refractivity contribution is 0.101. The van der Waals surface area contributed by atoms with Gasteiger partial charge in [-0.1, -0.05) is 49.4 Å². The summed E-state index contributed by atoms with van der Waals surface area (Å²) in [4.78, 5) is 19.6. The zero-order valence-corrected chi connectivity index (χ0v) is 12.8. The number of nitrogens with zero attached hydrogens (tertiary/aromatic N) is 1. The fourth-order valence-electron chi connectivity index (χ4n) is 2.62. The molecule has 2 aromatic carbocycles. The van der Waals surface area contributed by atoms with Gasteiger partial charge in [0.25, 0.3) is 0 Å². The first-order chi connectivity index (χ1) is 10.7. The Morgan fingerprint density at radius 1 is 1.05 bits per heavy atom. The summed E-state index contributed by atoms with van der Waals surface area (Å²) in [7, 11) is 0. The number of carbonyl (C=O) groups excluding carboxylic acids is 1. The van der Waals surface area contributed by atoms with Crippen LogP contribution in [-0.2, 0) is 6.42 Å². The van der Waals surface area contributed by atoms with Crippen molar-refractivity contribution in [1.82, 2.24) is 4.98 Å². The number of aryl methyl sites for hydroxylation is 1.